The summed E-state index contributed by atoms with van der Waals surface area (Å²) in [6, 6.07) is 4.01. The lowest BCUT2D eigenvalue weighted by Crippen LogP contribution is -2.30. The average molecular weight is 461 g/mol. The van der Waals surface area contributed by atoms with Crippen LogP contribution in [0.2, 0.25) is 0 Å². The van der Waals surface area contributed by atoms with Gasteiger partial charge in [0.25, 0.3) is 0 Å². The molecular weight excluding hydrogens is 437 g/mol. The van der Waals surface area contributed by atoms with Gasteiger partial charge in [0.2, 0.25) is 11.8 Å². The lowest BCUT2D eigenvalue weighted by Gasteiger charge is -2.14. The van der Waals surface area contributed by atoms with E-state index in [0.717, 1.165) is 18.0 Å². The molecule has 1 N–H and O–H groups in total. The minimum absolute atomic E-state index is 0.00991. The molecule has 1 aliphatic heterocycles. The van der Waals surface area contributed by atoms with Crippen LogP contribution in [-0.4, -0.2) is 55.3 Å². The van der Waals surface area contributed by atoms with Crippen molar-refractivity contribution in [3.63, 3.8) is 0 Å². The van der Waals surface area contributed by atoms with Gasteiger partial charge in [0.05, 0.1) is 10.9 Å². The molecule has 24 heavy (non-hydrogen) atoms. The number of rotatable bonds is 6. The zero-order valence-corrected chi connectivity index (χ0v) is 17.3. The molecule has 1 fully saturated rings. The van der Waals surface area contributed by atoms with Gasteiger partial charge in [-0.05, 0) is 39.6 Å². The first kappa shape index (κ1) is 19.4. The summed E-state index contributed by atoms with van der Waals surface area (Å²) in [7, 11) is 3.92. The summed E-state index contributed by atoms with van der Waals surface area (Å²) in [5.74, 6) is -0.125. The number of halogens is 1. The van der Waals surface area contributed by atoms with Crippen LogP contribution in [0, 0.1) is 5.92 Å². The fourth-order valence-electron chi connectivity index (χ4n) is 2.50. The van der Waals surface area contributed by atoms with Crippen molar-refractivity contribution >= 4 is 50.7 Å². The second-order valence-electron chi connectivity index (χ2n) is 6.24. The molecule has 1 aromatic heterocycles. The van der Waals surface area contributed by atoms with Crippen LogP contribution in [0.3, 0.4) is 0 Å². The molecule has 0 radical (unpaired) electrons. The second-order valence-corrected chi connectivity index (χ2v) is 9.23. The zero-order chi connectivity index (χ0) is 17.7. The maximum atomic E-state index is 12.4. The van der Waals surface area contributed by atoms with Crippen molar-refractivity contribution in [3.05, 3.63) is 29.2 Å². The molecule has 132 valence electrons. The first-order valence-electron chi connectivity index (χ1n) is 8.01. The molecule has 5 nitrogen and oxygen atoms in total. The van der Waals surface area contributed by atoms with Gasteiger partial charge < -0.3 is 15.1 Å². The Hall–Kier alpha value is -0.930. The number of hydrogen-bond acceptors (Lipinski definition) is 4. The number of thiophene rings is 1. The summed E-state index contributed by atoms with van der Waals surface area (Å²) in [6.07, 6.45) is 4.18. The summed E-state index contributed by atoms with van der Waals surface area (Å²) < 4.78 is 0.437. The lowest BCUT2D eigenvalue weighted by atomic mass is 10.1. The Morgan fingerprint density at radius 3 is 2.88 bits per heavy atom. The minimum atomic E-state index is -0.126. The summed E-state index contributed by atoms with van der Waals surface area (Å²) in [5, 5.41) is 3.87. The third-order valence-electron chi connectivity index (χ3n) is 3.87. The maximum Gasteiger partial charge on any atom is 0.246 e. The van der Waals surface area contributed by atoms with Gasteiger partial charge in [0.1, 0.15) is 0 Å². The molecule has 2 atom stereocenters. The molecular formula is C17H24IN3O2S. The van der Waals surface area contributed by atoms with E-state index in [1.807, 2.05) is 31.1 Å². The number of carbonyl (C=O) groups is 2. The number of likely N-dealkylation sites (tertiary alicyclic amines) is 1. The van der Waals surface area contributed by atoms with E-state index in [4.69, 9.17) is 0 Å². The van der Waals surface area contributed by atoms with Gasteiger partial charge in [-0.3, -0.25) is 9.59 Å². The Morgan fingerprint density at radius 2 is 2.25 bits per heavy atom. The highest BCUT2D eigenvalue weighted by Crippen LogP contribution is 2.32. The predicted molar refractivity (Wildman–Crippen MR) is 108 cm³/mol. The van der Waals surface area contributed by atoms with E-state index in [2.05, 4.69) is 40.9 Å². The van der Waals surface area contributed by atoms with E-state index in [1.54, 1.807) is 22.3 Å². The highest BCUT2D eigenvalue weighted by atomic mass is 127. The molecule has 0 saturated carbocycles. The predicted octanol–water partition coefficient (Wildman–Crippen LogP) is 3.15. The number of nitrogens with zero attached hydrogens (tertiary/aromatic N) is 2. The summed E-state index contributed by atoms with van der Waals surface area (Å²) in [5.41, 5.74) is 0. The second kappa shape index (κ2) is 8.96. The van der Waals surface area contributed by atoms with Gasteiger partial charge in [-0.15, -0.1) is 11.3 Å². The van der Waals surface area contributed by atoms with Crippen molar-refractivity contribution in [1.82, 2.24) is 9.80 Å². The first-order valence-corrected chi connectivity index (χ1v) is 10.1. The molecule has 2 unspecified atom stereocenters. The van der Waals surface area contributed by atoms with E-state index >= 15 is 0 Å². The van der Waals surface area contributed by atoms with Crippen LogP contribution in [-0.2, 0) is 9.59 Å². The molecule has 0 aliphatic carbocycles. The molecule has 1 aliphatic rings. The highest BCUT2D eigenvalue weighted by Gasteiger charge is 2.30. The monoisotopic (exact) mass is 461 g/mol. The zero-order valence-electron chi connectivity index (χ0n) is 14.3. The summed E-state index contributed by atoms with van der Waals surface area (Å²) in [6.45, 7) is 4.00. The maximum absolute atomic E-state index is 12.4. The van der Waals surface area contributed by atoms with Gasteiger partial charge in [-0.25, -0.2) is 0 Å². The van der Waals surface area contributed by atoms with Gasteiger partial charge in [0.15, 0.2) is 0 Å². The Labute approximate surface area is 161 Å². The summed E-state index contributed by atoms with van der Waals surface area (Å²) >= 11 is 3.98. The number of nitrogens with one attached hydrogen (secondary N) is 1. The fourth-order valence-corrected chi connectivity index (χ4v) is 3.93. The molecule has 2 rings (SSSR count). The Morgan fingerprint density at radius 1 is 1.50 bits per heavy atom. The van der Waals surface area contributed by atoms with Crippen molar-refractivity contribution in [1.29, 1.82) is 0 Å². The third-order valence-corrected chi connectivity index (χ3v) is 6.14. The van der Waals surface area contributed by atoms with E-state index in [-0.39, 0.29) is 17.7 Å². The number of alkyl halides is 1. The van der Waals surface area contributed by atoms with Gasteiger partial charge in [0, 0.05) is 34.5 Å². The first-order chi connectivity index (χ1) is 11.4. The van der Waals surface area contributed by atoms with Gasteiger partial charge in [-0.1, -0.05) is 28.7 Å². The van der Waals surface area contributed by atoms with Crippen LogP contribution in [0.15, 0.2) is 24.3 Å². The van der Waals surface area contributed by atoms with E-state index < -0.39 is 0 Å². The van der Waals surface area contributed by atoms with Gasteiger partial charge >= 0.3 is 0 Å². The SMILES string of the molecule is CC(I)c1ccc(NC(=O)C2CCN(C(=O)/C=C/CN(C)C)C2)s1. The minimum Gasteiger partial charge on any atom is -0.338 e. The molecule has 1 saturated heterocycles. The largest absolute Gasteiger partial charge is 0.338 e. The average Bonchev–Trinajstić information content (AvgIpc) is 3.15. The Kier molecular flexibility index (Phi) is 7.24. The Balaban J connectivity index is 1.84. The third kappa shape index (κ3) is 5.56. The van der Waals surface area contributed by atoms with Crippen molar-refractivity contribution in [3.8, 4) is 0 Å². The van der Waals surface area contributed by atoms with Crippen LogP contribution >= 0.6 is 33.9 Å². The van der Waals surface area contributed by atoms with Crippen LogP contribution in [0.5, 0.6) is 0 Å². The molecule has 2 heterocycles. The van der Waals surface area contributed by atoms with Crippen LogP contribution in [0.1, 0.15) is 22.1 Å². The van der Waals surface area contributed by atoms with E-state index in [1.165, 1.54) is 4.88 Å². The summed E-state index contributed by atoms with van der Waals surface area (Å²) in [4.78, 5) is 29.5. The molecule has 0 aromatic carbocycles. The van der Waals surface area contributed by atoms with Crippen molar-refractivity contribution < 1.29 is 9.59 Å². The molecule has 0 spiro atoms. The van der Waals surface area contributed by atoms with E-state index in [9.17, 15) is 9.59 Å². The van der Waals surface area contributed by atoms with Crippen LogP contribution in [0.4, 0.5) is 5.00 Å². The topological polar surface area (TPSA) is 52.7 Å². The number of anilines is 1. The standard InChI is InChI=1S/C17H24IN3O2S/c1-12(18)14-6-7-15(24-14)19-17(23)13-8-10-21(11-13)16(22)5-4-9-20(2)3/h4-7,12-13H,8-11H2,1-3H3,(H,19,23)/b5-4+. The molecule has 0 bridgehead atoms. The molecule has 2 amide bonds. The van der Waals surface area contributed by atoms with Crippen molar-refractivity contribution in [2.24, 2.45) is 5.92 Å². The number of likely N-dealkylation sites (N-methyl/N-ethyl adjacent to an activating group) is 1. The number of amides is 2. The quantitative estimate of drug-likeness (QED) is 0.403. The van der Waals surface area contributed by atoms with Crippen LogP contribution in [0.25, 0.3) is 0 Å². The fraction of sp³-hybridized carbons (Fsp3) is 0.529. The van der Waals surface area contributed by atoms with E-state index in [0.29, 0.717) is 17.0 Å². The highest BCUT2D eigenvalue weighted by molar-refractivity contribution is 14.1. The van der Waals surface area contributed by atoms with Crippen molar-refractivity contribution in [2.45, 2.75) is 17.3 Å². The van der Waals surface area contributed by atoms with Crippen LogP contribution < -0.4 is 5.32 Å². The lowest BCUT2D eigenvalue weighted by molar-refractivity contribution is -0.125. The Bertz CT molecular complexity index is 613. The number of hydrogen-bond donors (Lipinski definition) is 1. The number of carbonyl (C=O) groups excluding carboxylic acids is 2. The smallest absolute Gasteiger partial charge is 0.246 e. The van der Waals surface area contributed by atoms with Crippen molar-refractivity contribution in [2.75, 3.05) is 39.0 Å². The van der Waals surface area contributed by atoms with Gasteiger partial charge in [-0.2, -0.15) is 0 Å². The molecule has 1 aromatic rings. The normalized spacial score (nSPS) is 19.2. The molecule has 7 heteroatoms.